The second-order valence-corrected chi connectivity index (χ2v) is 5.10. The van der Waals surface area contributed by atoms with Gasteiger partial charge in [-0.3, -0.25) is 21.2 Å². The van der Waals surface area contributed by atoms with E-state index < -0.39 is 0 Å². The van der Waals surface area contributed by atoms with Gasteiger partial charge < -0.3 is 10.1 Å². The van der Waals surface area contributed by atoms with Crippen molar-refractivity contribution in [1.29, 1.82) is 5.41 Å². The van der Waals surface area contributed by atoms with Crippen molar-refractivity contribution in [3.05, 3.63) is 42.1 Å². The lowest BCUT2D eigenvalue weighted by Gasteiger charge is -2.04. The van der Waals surface area contributed by atoms with Crippen molar-refractivity contribution in [1.82, 2.24) is 25.6 Å². The average molecular weight is 308 g/mol. The Kier molecular flexibility index (Phi) is 2.78. The van der Waals surface area contributed by atoms with Crippen molar-refractivity contribution in [2.24, 2.45) is 0 Å². The Morgan fingerprint density at radius 2 is 2.09 bits per heavy atom. The van der Waals surface area contributed by atoms with E-state index in [0.29, 0.717) is 33.4 Å². The molecule has 6 N–H and O–H groups in total. The topological polar surface area (TPSA) is 134 Å². The van der Waals surface area contributed by atoms with Gasteiger partial charge >= 0.3 is 0 Å². The highest BCUT2D eigenvalue weighted by atomic mass is 16.5. The van der Waals surface area contributed by atoms with E-state index in [-0.39, 0.29) is 11.7 Å². The van der Waals surface area contributed by atoms with E-state index in [1.807, 2.05) is 11.5 Å². The molecule has 0 amide bonds. The van der Waals surface area contributed by atoms with Crippen molar-refractivity contribution in [3.63, 3.8) is 0 Å². The third-order valence-corrected chi connectivity index (χ3v) is 3.74. The summed E-state index contributed by atoms with van der Waals surface area (Å²) < 4.78 is 0. The van der Waals surface area contributed by atoms with Crippen molar-refractivity contribution >= 4 is 27.8 Å². The molecule has 0 spiro atoms. The molecule has 0 atom stereocenters. The molecule has 1 aromatic carbocycles. The first kappa shape index (κ1) is 13.3. The van der Waals surface area contributed by atoms with Crippen LogP contribution >= 0.6 is 0 Å². The molecule has 0 aliphatic carbocycles. The molecular formula is C15H12N6O2. The molecule has 0 aliphatic heterocycles. The standard InChI is InChI=1S/C15H12N6O2/c16-13(21-23)7-1-3-10-9(5-7)12(15(22)19-10)11-4-2-8-6-17-20-14(8)18-11/h1-6,19,22-23H,(H2,16,21)(H,17,18,20). The predicted octanol–water partition coefficient (Wildman–Crippen LogP) is 2.12. The van der Waals surface area contributed by atoms with Crippen LogP contribution in [-0.4, -0.2) is 36.3 Å². The number of amidine groups is 1. The van der Waals surface area contributed by atoms with E-state index >= 15 is 0 Å². The number of rotatable bonds is 2. The van der Waals surface area contributed by atoms with E-state index in [2.05, 4.69) is 20.2 Å². The van der Waals surface area contributed by atoms with Crippen LogP contribution < -0.4 is 5.48 Å². The van der Waals surface area contributed by atoms with Crippen LogP contribution in [0.5, 0.6) is 5.88 Å². The molecule has 23 heavy (non-hydrogen) atoms. The first-order chi connectivity index (χ1) is 11.2. The lowest BCUT2D eigenvalue weighted by Crippen LogP contribution is -2.18. The van der Waals surface area contributed by atoms with Crippen LogP contribution in [0.3, 0.4) is 0 Å². The van der Waals surface area contributed by atoms with Gasteiger partial charge in [0, 0.05) is 21.9 Å². The van der Waals surface area contributed by atoms with Crippen LogP contribution in [0.2, 0.25) is 0 Å². The number of hydroxylamine groups is 1. The number of pyridine rings is 1. The van der Waals surface area contributed by atoms with Gasteiger partial charge in [-0.1, -0.05) is 0 Å². The first-order valence-electron chi connectivity index (χ1n) is 6.81. The number of nitrogens with one attached hydrogen (secondary N) is 4. The Morgan fingerprint density at radius 1 is 1.22 bits per heavy atom. The molecular weight excluding hydrogens is 296 g/mol. The van der Waals surface area contributed by atoms with Gasteiger partial charge in [-0.25, -0.2) is 4.98 Å². The van der Waals surface area contributed by atoms with Gasteiger partial charge in [0.15, 0.2) is 11.5 Å². The third-order valence-electron chi connectivity index (χ3n) is 3.74. The molecule has 0 unspecified atom stereocenters. The van der Waals surface area contributed by atoms with Gasteiger partial charge in [-0.15, -0.1) is 0 Å². The second-order valence-electron chi connectivity index (χ2n) is 5.10. The van der Waals surface area contributed by atoms with Crippen LogP contribution in [-0.2, 0) is 0 Å². The number of H-pyrrole nitrogens is 2. The zero-order valence-corrected chi connectivity index (χ0v) is 11.8. The van der Waals surface area contributed by atoms with Gasteiger partial charge in [-0.2, -0.15) is 5.10 Å². The van der Waals surface area contributed by atoms with Crippen LogP contribution in [0, 0.1) is 5.41 Å². The first-order valence-corrected chi connectivity index (χ1v) is 6.81. The maximum absolute atomic E-state index is 10.3. The molecule has 0 saturated carbocycles. The minimum absolute atomic E-state index is 0.00740. The molecule has 8 nitrogen and oxygen atoms in total. The summed E-state index contributed by atoms with van der Waals surface area (Å²) in [5.41, 5.74) is 4.74. The van der Waals surface area contributed by atoms with Gasteiger partial charge in [0.1, 0.15) is 5.84 Å². The zero-order valence-electron chi connectivity index (χ0n) is 11.8. The molecule has 8 heteroatoms. The second kappa shape index (κ2) is 4.82. The van der Waals surface area contributed by atoms with Gasteiger partial charge in [0.25, 0.3) is 0 Å². The lowest BCUT2D eigenvalue weighted by molar-refractivity contribution is 0.234. The average Bonchev–Trinajstić information content (AvgIpc) is 3.15. The normalized spacial score (nSPS) is 11.2. The molecule has 4 rings (SSSR count). The fraction of sp³-hybridized carbons (Fsp3) is 0. The quantitative estimate of drug-likeness (QED) is 0.192. The SMILES string of the molecule is N=C(NO)c1ccc2[nH]c(O)c(-c3ccc4cn[nH]c4n3)c2c1. The predicted molar refractivity (Wildman–Crippen MR) is 84.6 cm³/mol. The highest BCUT2D eigenvalue weighted by Gasteiger charge is 2.16. The number of aromatic amines is 2. The molecule has 114 valence electrons. The summed E-state index contributed by atoms with van der Waals surface area (Å²) in [4.78, 5) is 7.35. The fourth-order valence-electron chi connectivity index (χ4n) is 2.62. The van der Waals surface area contributed by atoms with E-state index in [4.69, 9.17) is 10.6 Å². The number of aromatic hydroxyl groups is 1. The summed E-state index contributed by atoms with van der Waals surface area (Å²) in [7, 11) is 0. The largest absolute Gasteiger partial charge is 0.494 e. The van der Waals surface area contributed by atoms with Gasteiger partial charge in [0.2, 0.25) is 0 Å². The van der Waals surface area contributed by atoms with Crippen molar-refractivity contribution in [3.8, 4) is 17.1 Å². The highest BCUT2D eigenvalue weighted by molar-refractivity contribution is 6.04. The fourth-order valence-corrected chi connectivity index (χ4v) is 2.62. The van der Waals surface area contributed by atoms with Gasteiger partial charge in [0.05, 0.1) is 17.5 Å². The molecule has 4 aromatic rings. The number of aromatic nitrogens is 4. The van der Waals surface area contributed by atoms with Crippen molar-refractivity contribution in [2.75, 3.05) is 0 Å². The number of nitrogens with zero attached hydrogens (tertiary/aromatic N) is 2. The third kappa shape index (κ3) is 2.00. The lowest BCUT2D eigenvalue weighted by atomic mass is 10.1. The van der Waals surface area contributed by atoms with Crippen molar-refractivity contribution < 1.29 is 10.3 Å². The number of hydrogen-bond donors (Lipinski definition) is 6. The molecule has 0 saturated heterocycles. The summed E-state index contributed by atoms with van der Waals surface area (Å²) in [6, 6.07) is 8.75. The molecule has 0 aliphatic rings. The van der Waals surface area contributed by atoms with Crippen molar-refractivity contribution in [2.45, 2.75) is 0 Å². The van der Waals surface area contributed by atoms with E-state index in [0.717, 1.165) is 5.39 Å². The number of benzene rings is 1. The summed E-state index contributed by atoms with van der Waals surface area (Å²) in [5, 5.41) is 35.1. The van der Waals surface area contributed by atoms with Crippen LogP contribution in [0.25, 0.3) is 33.2 Å². The van der Waals surface area contributed by atoms with Crippen LogP contribution in [0.4, 0.5) is 0 Å². The monoisotopic (exact) mass is 308 g/mol. The van der Waals surface area contributed by atoms with Gasteiger partial charge in [-0.05, 0) is 30.3 Å². The molecule has 3 aromatic heterocycles. The molecule has 3 heterocycles. The van der Waals surface area contributed by atoms with E-state index in [9.17, 15) is 5.11 Å². The Bertz CT molecular complexity index is 1050. The maximum atomic E-state index is 10.3. The minimum Gasteiger partial charge on any atom is -0.494 e. The smallest absolute Gasteiger partial charge is 0.199 e. The van der Waals surface area contributed by atoms with E-state index in [1.54, 1.807) is 30.5 Å². The van der Waals surface area contributed by atoms with Crippen LogP contribution in [0.15, 0.2) is 36.5 Å². The summed E-state index contributed by atoms with van der Waals surface area (Å²) in [6.45, 7) is 0. The Balaban J connectivity index is 1.97. The zero-order chi connectivity index (χ0) is 16.0. The molecule has 0 radical (unpaired) electrons. The molecule has 0 fully saturated rings. The molecule has 0 bridgehead atoms. The van der Waals surface area contributed by atoms with E-state index in [1.165, 1.54) is 0 Å². The maximum Gasteiger partial charge on any atom is 0.199 e. The number of fused-ring (bicyclic) bond motifs is 2. The van der Waals surface area contributed by atoms with Crippen LogP contribution in [0.1, 0.15) is 5.56 Å². The number of hydrogen-bond acceptors (Lipinski definition) is 5. The summed E-state index contributed by atoms with van der Waals surface area (Å²) in [6.07, 6.45) is 1.67. The summed E-state index contributed by atoms with van der Waals surface area (Å²) in [5.74, 6) is -0.137. The summed E-state index contributed by atoms with van der Waals surface area (Å²) >= 11 is 0. The Labute approximate surface area is 129 Å². The minimum atomic E-state index is -0.129. The Morgan fingerprint density at radius 3 is 2.91 bits per heavy atom. The Hall–Kier alpha value is -3.39. The highest BCUT2D eigenvalue weighted by Crippen LogP contribution is 2.36.